The van der Waals surface area contributed by atoms with Crippen molar-refractivity contribution >= 4 is 11.8 Å². The first-order valence-electron chi connectivity index (χ1n) is 14.8. The summed E-state index contributed by atoms with van der Waals surface area (Å²) in [5.41, 5.74) is 4.43. The van der Waals surface area contributed by atoms with Crippen molar-refractivity contribution in [2.24, 2.45) is 11.3 Å². The van der Waals surface area contributed by atoms with Crippen molar-refractivity contribution in [2.45, 2.75) is 85.9 Å². The number of carbonyl (C=O) groups is 2. The summed E-state index contributed by atoms with van der Waals surface area (Å²) >= 11 is 0. The number of nitrogens with zero attached hydrogens (tertiary/aromatic N) is 2. The SMILES string of the molecule is CCCN1C(O)C2=C(OC3=C(C(=O)CC(C)(C)C3)[C@@H]2c2c(OC)ccc(-c3ccc(C)c(C(=O)O)n3)c2C)[C@H]1C(C)C. The number of carbonyl (C=O) groups excluding carboxylic acids is 1. The molecule has 3 aliphatic rings. The lowest BCUT2D eigenvalue weighted by Gasteiger charge is -2.39. The van der Waals surface area contributed by atoms with Crippen LogP contribution in [0.4, 0.5) is 0 Å². The second-order valence-corrected chi connectivity index (χ2v) is 13.0. The first kappa shape index (κ1) is 30.0. The molecule has 3 heterocycles. The molecule has 5 rings (SSSR count). The molecule has 0 radical (unpaired) electrons. The molecule has 2 aromatic rings. The number of rotatable bonds is 7. The molecule has 8 nitrogen and oxygen atoms in total. The highest BCUT2D eigenvalue weighted by molar-refractivity contribution is 6.00. The number of benzene rings is 1. The van der Waals surface area contributed by atoms with Crippen molar-refractivity contribution in [1.82, 2.24) is 9.88 Å². The zero-order valence-electron chi connectivity index (χ0n) is 25.9. The Hall–Kier alpha value is -3.49. The molecule has 0 fully saturated rings. The largest absolute Gasteiger partial charge is 0.496 e. The summed E-state index contributed by atoms with van der Waals surface area (Å²) < 4.78 is 12.6. The summed E-state index contributed by atoms with van der Waals surface area (Å²) in [6.07, 6.45) is 0.906. The van der Waals surface area contributed by atoms with Crippen molar-refractivity contribution in [2.75, 3.05) is 13.7 Å². The molecule has 8 heteroatoms. The molecule has 224 valence electrons. The van der Waals surface area contributed by atoms with Crippen LogP contribution in [0.1, 0.15) is 87.0 Å². The highest BCUT2D eigenvalue weighted by Gasteiger charge is 2.53. The van der Waals surface area contributed by atoms with Crippen LogP contribution in [0, 0.1) is 25.2 Å². The molecule has 1 unspecified atom stereocenters. The van der Waals surface area contributed by atoms with Crippen LogP contribution in [-0.2, 0) is 9.53 Å². The average molecular weight is 575 g/mol. The van der Waals surface area contributed by atoms with Gasteiger partial charge in [-0.05, 0) is 60.9 Å². The quantitative estimate of drug-likeness (QED) is 0.405. The Labute approximate surface area is 248 Å². The van der Waals surface area contributed by atoms with Gasteiger partial charge in [0, 0.05) is 47.6 Å². The molecule has 0 saturated carbocycles. The number of carboxylic acids is 1. The van der Waals surface area contributed by atoms with Crippen molar-refractivity contribution in [3.05, 3.63) is 69.3 Å². The highest BCUT2D eigenvalue weighted by Crippen LogP contribution is 2.56. The Morgan fingerprint density at radius 2 is 1.90 bits per heavy atom. The fraction of sp³-hybridized carbons (Fsp3) is 0.500. The lowest BCUT2D eigenvalue weighted by atomic mass is 9.68. The third-order valence-electron chi connectivity index (χ3n) is 8.89. The van der Waals surface area contributed by atoms with Gasteiger partial charge in [0.15, 0.2) is 11.5 Å². The Kier molecular flexibility index (Phi) is 7.83. The predicted octanol–water partition coefficient (Wildman–Crippen LogP) is 6.15. The summed E-state index contributed by atoms with van der Waals surface area (Å²) in [6, 6.07) is 7.16. The van der Waals surface area contributed by atoms with Crippen molar-refractivity contribution in [3.8, 4) is 17.0 Å². The predicted molar refractivity (Wildman–Crippen MR) is 160 cm³/mol. The summed E-state index contributed by atoms with van der Waals surface area (Å²) in [4.78, 5) is 32.5. The van der Waals surface area contributed by atoms with Crippen LogP contribution in [0.25, 0.3) is 11.3 Å². The first-order valence-corrected chi connectivity index (χ1v) is 14.8. The van der Waals surface area contributed by atoms with Crippen LogP contribution in [0.15, 0.2) is 46.9 Å². The number of ether oxygens (including phenoxy) is 2. The van der Waals surface area contributed by atoms with Crippen LogP contribution < -0.4 is 4.74 Å². The van der Waals surface area contributed by atoms with Gasteiger partial charge >= 0.3 is 5.97 Å². The number of aromatic carboxylic acids is 1. The number of aliphatic hydroxyl groups is 1. The van der Waals surface area contributed by atoms with Gasteiger partial charge < -0.3 is 19.7 Å². The smallest absolute Gasteiger partial charge is 0.354 e. The molecule has 1 aliphatic carbocycles. The van der Waals surface area contributed by atoms with Gasteiger partial charge in [0.05, 0.1) is 18.8 Å². The van der Waals surface area contributed by atoms with Crippen molar-refractivity contribution < 1.29 is 29.3 Å². The number of aromatic nitrogens is 1. The lowest BCUT2D eigenvalue weighted by molar-refractivity contribution is -0.119. The number of ketones is 1. The number of pyridine rings is 1. The monoisotopic (exact) mass is 574 g/mol. The second-order valence-electron chi connectivity index (χ2n) is 13.0. The standard InChI is InChI=1S/C34H42N2O6/c1-9-14-36-30(17(2)3)31-28(32(36)38)27(26-22(37)15-34(6,7)16-24(26)42-31)25-19(5)20(11-13-23(25)41-8)21-12-10-18(4)29(35-21)33(39)40/h10-13,17,27,30,32,38H,9,14-16H2,1-8H3,(H,39,40)/t27-,30+,32?/m0/s1. The Morgan fingerprint density at radius 1 is 1.19 bits per heavy atom. The van der Waals surface area contributed by atoms with E-state index in [2.05, 4.69) is 44.5 Å². The van der Waals surface area contributed by atoms with E-state index in [4.69, 9.17) is 9.47 Å². The van der Waals surface area contributed by atoms with Gasteiger partial charge in [-0.2, -0.15) is 0 Å². The number of aryl methyl sites for hydroxylation is 1. The summed E-state index contributed by atoms with van der Waals surface area (Å²) in [5, 5.41) is 21.7. The molecule has 2 N–H and O–H groups in total. The van der Waals surface area contributed by atoms with Gasteiger partial charge in [-0.25, -0.2) is 9.78 Å². The van der Waals surface area contributed by atoms with E-state index in [1.165, 1.54) is 0 Å². The minimum absolute atomic E-state index is 0.00351. The third-order valence-corrected chi connectivity index (χ3v) is 8.89. The van der Waals surface area contributed by atoms with Crippen LogP contribution in [0.5, 0.6) is 5.75 Å². The molecule has 0 bridgehead atoms. The van der Waals surface area contributed by atoms with E-state index in [0.29, 0.717) is 53.3 Å². The molecule has 0 amide bonds. The molecule has 1 aromatic heterocycles. The van der Waals surface area contributed by atoms with Crippen molar-refractivity contribution in [3.63, 3.8) is 0 Å². The van der Waals surface area contributed by atoms with E-state index in [9.17, 15) is 19.8 Å². The molecular weight excluding hydrogens is 532 g/mol. The van der Waals surface area contributed by atoms with Gasteiger partial charge in [0.2, 0.25) is 0 Å². The first-order chi connectivity index (χ1) is 19.8. The number of methoxy groups -OCH3 is 1. The summed E-state index contributed by atoms with van der Waals surface area (Å²) in [7, 11) is 1.60. The number of hydrogen-bond acceptors (Lipinski definition) is 7. The van der Waals surface area contributed by atoms with E-state index >= 15 is 0 Å². The maximum Gasteiger partial charge on any atom is 0.354 e. The van der Waals surface area contributed by atoms with Gasteiger partial charge in [-0.15, -0.1) is 0 Å². The molecule has 1 aromatic carbocycles. The normalized spacial score (nSPS) is 23.7. The molecule has 3 atom stereocenters. The number of carboxylic acid groups (broad SMARTS) is 1. The van der Waals surface area contributed by atoms with Crippen LogP contribution in [0.3, 0.4) is 0 Å². The van der Waals surface area contributed by atoms with Crippen molar-refractivity contribution in [1.29, 1.82) is 0 Å². The minimum atomic E-state index is -1.09. The van der Waals surface area contributed by atoms with Gasteiger partial charge in [0.25, 0.3) is 0 Å². The number of aliphatic hydroxyl groups excluding tert-OH is 1. The fourth-order valence-electron chi connectivity index (χ4n) is 7.09. The fourth-order valence-corrected chi connectivity index (χ4v) is 7.09. The number of hydrogen-bond donors (Lipinski definition) is 2. The molecule has 42 heavy (non-hydrogen) atoms. The van der Waals surface area contributed by atoms with E-state index in [0.717, 1.165) is 28.9 Å². The molecule has 0 saturated heterocycles. The summed E-state index contributed by atoms with van der Waals surface area (Å²) in [5.74, 6) is 0.494. The van der Waals surface area contributed by atoms with E-state index in [1.807, 2.05) is 25.1 Å². The highest BCUT2D eigenvalue weighted by atomic mass is 16.5. The maximum absolute atomic E-state index is 14.0. The topological polar surface area (TPSA) is 109 Å². The molecule has 2 aliphatic heterocycles. The van der Waals surface area contributed by atoms with E-state index in [1.54, 1.807) is 20.1 Å². The van der Waals surface area contributed by atoms with E-state index < -0.39 is 18.1 Å². The number of Topliss-reactive ketones (excluding diaryl/α,β-unsaturated/α-hetero) is 1. The Balaban J connectivity index is 1.80. The zero-order valence-corrected chi connectivity index (χ0v) is 25.9. The molecule has 0 spiro atoms. The van der Waals surface area contributed by atoms with Gasteiger partial charge in [-0.3, -0.25) is 9.69 Å². The molecular formula is C34H42N2O6. The van der Waals surface area contributed by atoms with Crippen LogP contribution in [-0.4, -0.2) is 57.8 Å². The Morgan fingerprint density at radius 3 is 2.52 bits per heavy atom. The van der Waals surface area contributed by atoms with Gasteiger partial charge in [-0.1, -0.05) is 40.7 Å². The number of allylic oxidation sites excluding steroid dienone is 2. The van der Waals surface area contributed by atoms with E-state index in [-0.39, 0.29) is 28.9 Å². The average Bonchev–Trinajstić information content (AvgIpc) is 3.18. The van der Waals surface area contributed by atoms with Gasteiger partial charge in [0.1, 0.15) is 23.5 Å². The van der Waals surface area contributed by atoms with Crippen LogP contribution >= 0.6 is 0 Å². The summed E-state index contributed by atoms with van der Waals surface area (Å²) in [6.45, 7) is 14.9. The zero-order chi connectivity index (χ0) is 30.7. The second kappa shape index (κ2) is 11.0. The minimum Gasteiger partial charge on any atom is -0.496 e. The third kappa shape index (κ3) is 4.84. The van der Waals surface area contributed by atoms with Crippen LogP contribution in [0.2, 0.25) is 0 Å². The maximum atomic E-state index is 14.0. The Bertz CT molecular complexity index is 1520. The lowest BCUT2D eigenvalue weighted by Crippen LogP contribution is -2.42.